The number of hydrogen-bond acceptors (Lipinski definition) is 3. The SMILES string of the molecule is C=Cc1ccc2cn[nH]c2c1[N+](=O)[O-]. The van der Waals surface area contributed by atoms with Gasteiger partial charge in [-0.05, 0) is 6.07 Å². The monoisotopic (exact) mass is 189 g/mol. The first kappa shape index (κ1) is 8.43. The van der Waals surface area contributed by atoms with Gasteiger partial charge in [0, 0.05) is 5.39 Å². The van der Waals surface area contributed by atoms with Crippen molar-refractivity contribution >= 4 is 22.7 Å². The Morgan fingerprint density at radius 2 is 2.36 bits per heavy atom. The Hall–Kier alpha value is -2.17. The van der Waals surface area contributed by atoms with Crippen LogP contribution in [0.2, 0.25) is 0 Å². The Labute approximate surface area is 79.2 Å². The van der Waals surface area contributed by atoms with Crippen molar-refractivity contribution in [3.8, 4) is 0 Å². The van der Waals surface area contributed by atoms with Gasteiger partial charge in [0.15, 0.2) is 0 Å². The van der Waals surface area contributed by atoms with E-state index in [4.69, 9.17) is 0 Å². The topological polar surface area (TPSA) is 71.8 Å². The zero-order chi connectivity index (χ0) is 10.1. The summed E-state index contributed by atoms with van der Waals surface area (Å²) >= 11 is 0. The molecule has 2 aromatic rings. The van der Waals surface area contributed by atoms with Gasteiger partial charge in [-0.1, -0.05) is 18.7 Å². The lowest BCUT2D eigenvalue weighted by molar-refractivity contribution is -0.383. The normalized spacial score (nSPS) is 10.3. The summed E-state index contributed by atoms with van der Waals surface area (Å²) in [5, 5.41) is 17.9. The molecule has 0 spiro atoms. The summed E-state index contributed by atoms with van der Waals surface area (Å²) in [6.45, 7) is 3.53. The van der Waals surface area contributed by atoms with Gasteiger partial charge >= 0.3 is 5.69 Å². The Bertz CT molecular complexity index is 516. The molecular weight excluding hydrogens is 182 g/mol. The Morgan fingerprint density at radius 3 is 3.00 bits per heavy atom. The summed E-state index contributed by atoms with van der Waals surface area (Å²) in [6.07, 6.45) is 3.01. The van der Waals surface area contributed by atoms with E-state index in [1.807, 2.05) is 0 Å². The molecule has 1 aromatic carbocycles. The zero-order valence-corrected chi connectivity index (χ0v) is 7.23. The van der Waals surface area contributed by atoms with Crippen LogP contribution in [0.15, 0.2) is 24.9 Å². The molecule has 5 nitrogen and oxygen atoms in total. The van der Waals surface area contributed by atoms with Crippen LogP contribution in [0.5, 0.6) is 0 Å². The zero-order valence-electron chi connectivity index (χ0n) is 7.23. The third-order valence-electron chi connectivity index (χ3n) is 2.02. The number of nitrogens with one attached hydrogen (secondary N) is 1. The van der Waals surface area contributed by atoms with E-state index in [0.717, 1.165) is 5.39 Å². The van der Waals surface area contributed by atoms with E-state index in [1.54, 1.807) is 18.3 Å². The first-order chi connectivity index (χ1) is 6.74. The minimum atomic E-state index is -0.433. The van der Waals surface area contributed by atoms with Crippen molar-refractivity contribution < 1.29 is 4.92 Å². The van der Waals surface area contributed by atoms with Crippen molar-refractivity contribution in [1.29, 1.82) is 0 Å². The number of rotatable bonds is 2. The number of hydrogen-bond donors (Lipinski definition) is 1. The number of benzene rings is 1. The predicted octanol–water partition coefficient (Wildman–Crippen LogP) is 2.11. The van der Waals surface area contributed by atoms with Crippen LogP contribution >= 0.6 is 0 Å². The molecule has 0 aliphatic carbocycles. The number of nitro benzene ring substituents is 1. The number of aromatic nitrogens is 2. The second kappa shape index (κ2) is 2.95. The number of nitrogens with zero attached hydrogens (tertiary/aromatic N) is 2. The second-order valence-electron chi connectivity index (χ2n) is 2.80. The lowest BCUT2D eigenvalue weighted by Gasteiger charge is -1.97. The molecule has 0 unspecified atom stereocenters. The van der Waals surface area contributed by atoms with Crippen molar-refractivity contribution in [2.24, 2.45) is 0 Å². The average molecular weight is 189 g/mol. The van der Waals surface area contributed by atoms with Crippen molar-refractivity contribution in [2.75, 3.05) is 0 Å². The van der Waals surface area contributed by atoms with Gasteiger partial charge < -0.3 is 0 Å². The van der Waals surface area contributed by atoms with Gasteiger partial charge in [-0.15, -0.1) is 0 Å². The highest BCUT2D eigenvalue weighted by atomic mass is 16.6. The number of nitro groups is 1. The molecule has 0 atom stereocenters. The van der Waals surface area contributed by atoms with Gasteiger partial charge in [-0.25, -0.2) is 0 Å². The fraction of sp³-hybridized carbons (Fsp3) is 0. The lowest BCUT2D eigenvalue weighted by atomic mass is 10.1. The molecule has 0 amide bonds. The molecule has 70 valence electrons. The molecule has 0 saturated carbocycles. The van der Waals surface area contributed by atoms with Gasteiger partial charge in [0.05, 0.1) is 16.7 Å². The largest absolute Gasteiger partial charge is 0.301 e. The van der Waals surface area contributed by atoms with E-state index in [2.05, 4.69) is 16.8 Å². The number of fused-ring (bicyclic) bond motifs is 1. The van der Waals surface area contributed by atoms with Crippen molar-refractivity contribution in [3.63, 3.8) is 0 Å². The second-order valence-corrected chi connectivity index (χ2v) is 2.80. The fourth-order valence-corrected chi connectivity index (χ4v) is 1.38. The summed E-state index contributed by atoms with van der Waals surface area (Å²) in [4.78, 5) is 10.4. The van der Waals surface area contributed by atoms with Crippen LogP contribution in [0.4, 0.5) is 5.69 Å². The molecular formula is C9H7N3O2. The maximum Gasteiger partial charge on any atom is 0.301 e. The average Bonchev–Trinajstić information content (AvgIpc) is 2.62. The third-order valence-corrected chi connectivity index (χ3v) is 2.02. The molecule has 0 fully saturated rings. The summed E-state index contributed by atoms with van der Waals surface area (Å²) < 4.78 is 0. The van der Waals surface area contributed by atoms with Crippen molar-refractivity contribution in [1.82, 2.24) is 10.2 Å². The first-order valence-corrected chi connectivity index (χ1v) is 3.97. The van der Waals surface area contributed by atoms with Gasteiger partial charge in [0.1, 0.15) is 5.52 Å². The minimum absolute atomic E-state index is 0.0231. The summed E-state index contributed by atoms with van der Waals surface area (Å²) in [6, 6.07) is 3.42. The molecule has 0 radical (unpaired) electrons. The van der Waals surface area contributed by atoms with Crippen LogP contribution in [-0.2, 0) is 0 Å². The summed E-state index contributed by atoms with van der Waals surface area (Å²) in [5.41, 5.74) is 0.953. The number of H-pyrrole nitrogens is 1. The Morgan fingerprint density at radius 1 is 1.57 bits per heavy atom. The quantitative estimate of drug-likeness (QED) is 0.580. The van der Waals surface area contributed by atoms with Crippen molar-refractivity contribution in [3.05, 3.63) is 40.6 Å². The number of aromatic amines is 1. The fourth-order valence-electron chi connectivity index (χ4n) is 1.38. The van der Waals surface area contributed by atoms with Crippen LogP contribution in [0.3, 0.4) is 0 Å². The molecule has 0 aliphatic rings. The minimum Gasteiger partial charge on any atom is -0.271 e. The highest BCUT2D eigenvalue weighted by Crippen LogP contribution is 2.28. The van der Waals surface area contributed by atoms with Crippen LogP contribution in [0.25, 0.3) is 17.0 Å². The molecule has 1 aromatic heterocycles. The standard InChI is InChI=1S/C9H7N3O2/c1-2-6-3-4-7-5-10-11-8(7)9(6)12(13)14/h2-5H,1H2,(H,10,11). The molecule has 1 N–H and O–H groups in total. The van der Waals surface area contributed by atoms with E-state index in [-0.39, 0.29) is 5.69 Å². The maximum atomic E-state index is 10.8. The van der Waals surface area contributed by atoms with Crippen molar-refractivity contribution in [2.45, 2.75) is 0 Å². The van der Waals surface area contributed by atoms with E-state index < -0.39 is 4.92 Å². The highest BCUT2D eigenvalue weighted by Gasteiger charge is 2.17. The summed E-state index contributed by atoms with van der Waals surface area (Å²) in [5.74, 6) is 0. The van der Waals surface area contributed by atoms with E-state index in [0.29, 0.717) is 11.1 Å². The molecule has 0 aliphatic heterocycles. The first-order valence-electron chi connectivity index (χ1n) is 3.97. The van der Waals surface area contributed by atoms with E-state index >= 15 is 0 Å². The smallest absolute Gasteiger partial charge is 0.271 e. The van der Waals surface area contributed by atoms with E-state index in [1.165, 1.54) is 6.08 Å². The molecule has 5 heteroatoms. The Balaban J connectivity index is 2.88. The molecule has 14 heavy (non-hydrogen) atoms. The third kappa shape index (κ3) is 1.06. The maximum absolute atomic E-state index is 10.8. The van der Waals surface area contributed by atoms with Gasteiger partial charge in [0.2, 0.25) is 0 Å². The molecule has 2 rings (SSSR count). The van der Waals surface area contributed by atoms with Crippen LogP contribution in [0.1, 0.15) is 5.56 Å². The van der Waals surface area contributed by atoms with Gasteiger partial charge in [0.25, 0.3) is 0 Å². The van der Waals surface area contributed by atoms with E-state index in [9.17, 15) is 10.1 Å². The molecule has 0 saturated heterocycles. The van der Waals surface area contributed by atoms with Gasteiger partial charge in [-0.2, -0.15) is 5.10 Å². The highest BCUT2D eigenvalue weighted by molar-refractivity contribution is 5.90. The lowest BCUT2D eigenvalue weighted by Crippen LogP contribution is -1.92. The Kier molecular flexibility index (Phi) is 1.78. The predicted molar refractivity (Wildman–Crippen MR) is 52.8 cm³/mol. The van der Waals surface area contributed by atoms with Crippen LogP contribution < -0.4 is 0 Å². The van der Waals surface area contributed by atoms with Crippen LogP contribution in [-0.4, -0.2) is 15.1 Å². The van der Waals surface area contributed by atoms with Crippen LogP contribution in [0, 0.1) is 10.1 Å². The molecule has 1 heterocycles. The summed E-state index contributed by atoms with van der Waals surface area (Å²) in [7, 11) is 0. The van der Waals surface area contributed by atoms with Gasteiger partial charge in [-0.3, -0.25) is 15.2 Å². The molecule has 0 bridgehead atoms.